The zero-order valence-electron chi connectivity index (χ0n) is 8.95. The molecule has 0 amide bonds. The fourth-order valence-corrected chi connectivity index (χ4v) is 3.79. The van der Waals surface area contributed by atoms with Gasteiger partial charge in [0, 0.05) is 16.3 Å². The highest BCUT2D eigenvalue weighted by molar-refractivity contribution is 8.00. The molecule has 0 N–H and O–H groups in total. The Morgan fingerprint density at radius 2 is 2.33 bits per heavy atom. The van der Waals surface area contributed by atoms with Crippen molar-refractivity contribution < 1.29 is 0 Å². The number of hydrogen-bond donors (Lipinski definition) is 0. The summed E-state index contributed by atoms with van der Waals surface area (Å²) >= 11 is 7.82. The van der Waals surface area contributed by atoms with Crippen molar-refractivity contribution in [1.82, 2.24) is 4.98 Å². The van der Waals surface area contributed by atoms with Gasteiger partial charge in [0.1, 0.15) is 5.15 Å². The Morgan fingerprint density at radius 1 is 1.47 bits per heavy atom. The third kappa shape index (κ3) is 3.39. The van der Waals surface area contributed by atoms with E-state index in [1.807, 2.05) is 17.8 Å². The highest BCUT2D eigenvalue weighted by atomic mass is 35.5. The first-order valence-corrected chi connectivity index (χ1v) is 6.78. The zero-order chi connectivity index (χ0) is 10.7. The number of thioether (sulfide) groups is 1. The van der Waals surface area contributed by atoms with Crippen LogP contribution in [0.1, 0.15) is 32.6 Å². The molecule has 1 fully saturated rings. The van der Waals surface area contributed by atoms with Gasteiger partial charge in [-0.15, -0.1) is 11.8 Å². The average molecular weight is 242 g/mol. The van der Waals surface area contributed by atoms with Crippen LogP contribution in [-0.2, 0) is 0 Å². The van der Waals surface area contributed by atoms with Crippen LogP contribution >= 0.6 is 23.4 Å². The molecule has 2 unspecified atom stereocenters. The monoisotopic (exact) mass is 241 g/mol. The van der Waals surface area contributed by atoms with Crippen LogP contribution in [0, 0.1) is 5.92 Å². The predicted octanol–water partition coefficient (Wildman–Crippen LogP) is 4.41. The van der Waals surface area contributed by atoms with Gasteiger partial charge in [0.05, 0.1) is 0 Å². The molecule has 2 rings (SSSR count). The quantitative estimate of drug-likeness (QED) is 0.712. The van der Waals surface area contributed by atoms with Crippen LogP contribution in [0.15, 0.2) is 23.2 Å². The lowest BCUT2D eigenvalue weighted by atomic mass is 9.91. The zero-order valence-corrected chi connectivity index (χ0v) is 10.5. The Bertz CT molecular complexity index is 329. The lowest BCUT2D eigenvalue weighted by Crippen LogP contribution is -2.14. The van der Waals surface area contributed by atoms with Gasteiger partial charge < -0.3 is 0 Å². The molecule has 15 heavy (non-hydrogen) atoms. The molecule has 82 valence electrons. The smallest absolute Gasteiger partial charge is 0.130 e. The maximum atomic E-state index is 5.87. The summed E-state index contributed by atoms with van der Waals surface area (Å²) in [5, 5.41) is 1.37. The van der Waals surface area contributed by atoms with Crippen molar-refractivity contribution >= 4 is 23.4 Å². The van der Waals surface area contributed by atoms with Gasteiger partial charge in [-0.1, -0.05) is 31.4 Å². The Kier molecular flexibility index (Phi) is 3.92. The van der Waals surface area contributed by atoms with Gasteiger partial charge in [-0.05, 0) is 30.9 Å². The molecule has 2 atom stereocenters. The highest BCUT2D eigenvalue weighted by Crippen LogP contribution is 2.36. The third-order valence-electron chi connectivity index (χ3n) is 2.89. The molecule has 0 bridgehead atoms. The summed E-state index contributed by atoms with van der Waals surface area (Å²) in [6.07, 6.45) is 7.24. The van der Waals surface area contributed by atoms with E-state index in [0.717, 1.165) is 11.2 Å². The first kappa shape index (κ1) is 11.3. The summed E-state index contributed by atoms with van der Waals surface area (Å²) in [4.78, 5) is 5.26. The highest BCUT2D eigenvalue weighted by Gasteiger charge is 2.19. The van der Waals surface area contributed by atoms with E-state index in [9.17, 15) is 0 Å². The van der Waals surface area contributed by atoms with E-state index in [2.05, 4.69) is 18.0 Å². The van der Waals surface area contributed by atoms with Crippen molar-refractivity contribution in [2.45, 2.75) is 42.8 Å². The second kappa shape index (κ2) is 5.22. The second-order valence-electron chi connectivity index (χ2n) is 4.33. The van der Waals surface area contributed by atoms with Gasteiger partial charge in [0.25, 0.3) is 0 Å². The molecule has 0 saturated heterocycles. The minimum atomic E-state index is 0.601. The molecule has 1 aromatic heterocycles. The maximum Gasteiger partial charge on any atom is 0.130 e. The normalized spacial score (nSPS) is 26.5. The van der Waals surface area contributed by atoms with Crippen LogP contribution in [0.4, 0.5) is 0 Å². The van der Waals surface area contributed by atoms with E-state index in [-0.39, 0.29) is 0 Å². The number of pyridine rings is 1. The van der Waals surface area contributed by atoms with Crippen LogP contribution in [0.3, 0.4) is 0 Å². The van der Waals surface area contributed by atoms with E-state index in [1.165, 1.54) is 30.6 Å². The fraction of sp³-hybridized carbons (Fsp3) is 0.583. The molecule has 1 nitrogen and oxygen atoms in total. The summed E-state index contributed by atoms with van der Waals surface area (Å²) < 4.78 is 0. The van der Waals surface area contributed by atoms with Gasteiger partial charge in [-0.25, -0.2) is 4.98 Å². The van der Waals surface area contributed by atoms with Crippen LogP contribution in [0.25, 0.3) is 0 Å². The van der Waals surface area contributed by atoms with E-state index >= 15 is 0 Å². The second-order valence-corrected chi connectivity index (χ2v) is 6.09. The third-order valence-corrected chi connectivity index (χ3v) is 4.38. The molecule has 1 aliphatic rings. The summed E-state index contributed by atoms with van der Waals surface area (Å²) in [7, 11) is 0. The SMILES string of the molecule is CC1CCCC(Sc2ccnc(Cl)c2)C1. The van der Waals surface area contributed by atoms with E-state index in [1.54, 1.807) is 6.20 Å². The first-order chi connectivity index (χ1) is 7.24. The molecule has 1 heterocycles. The van der Waals surface area contributed by atoms with Gasteiger partial charge in [-0.3, -0.25) is 0 Å². The van der Waals surface area contributed by atoms with Crippen molar-refractivity contribution in [3.63, 3.8) is 0 Å². The minimum Gasteiger partial charge on any atom is -0.244 e. The Balaban J connectivity index is 1.96. The molecule has 0 spiro atoms. The molecule has 1 aromatic rings. The van der Waals surface area contributed by atoms with Crippen molar-refractivity contribution in [3.8, 4) is 0 Å². The molecule has 1 saturated carbocycles. The summed E-state index contributed by atoms with van der Waals surface area (Å²) in [5.74, 6) is 0.883. The lowest BCUT2D eigenvalue weighted by molar-refractivity contribution is 0.394. The van der Waals surface area contributed by atoms with E-state index in [4.69, 9.17) is 11.6 Å². The summed E-state index contributed by atoms with van der Waals surface area (Å²) in [6, 6.07) is 4.02. The van der Waals surface area contributed by atoms with Crippen LogP contribution < -0.4 is 0 Å². The molecule has 0 radical (unpaired) electrons. The van der Waals surface area contributed by atoms with Crippen molar-refractivity contribution in [1.29, 1.82) is 0 Å². The summed E-state index contributed by atoms with van der Waals surface area (Å²) in [6.45, 7) is 2.35. The number of halogens is 1. The Morgan fingerprint density at radius 3 is 3.07 bits per heavy atom. The van der Waals surface area contributed by atoms with E-state index in [0.29, 0.717) is 5.15 Å². The maximum absolute atomic E-state index is 5.87. The van der Waals surface area contributed by atoms with Crippen molar-refractivity contribution in [2.24, 2.45) is 5.92 Å². The lowest BCUT2D eigenvalue weighted by Gasteiger charge is -2.26. The molecule has 0 aromatic carbocycles. The standard InChI is InChI=1S/C12H16ClNS/c1-9-3-2-4-10(7-9)15-11-5-6-14-12(13)8-11/h5-6,8-10H,2-4,7H2,1H3. The predicted molar refractivity (Wildman–Crippen MR) is 66.5 cm³/mol. The Hall–Kier alpha value is -0.210. The average Bonchev–Trinajstić information content (AvgIpc) is 2.17. The topological polar surface area (TPSA) is 12.9 Å². The van der Waals surface area contributed by atoms with Crippen LogP contribution in [0.5, 0.6) is 0 Å². The largest absolute Gasteiger partial charge is 0.244 e. The fourth-order valence-electron chi connectivity index (χ4n) is 2.14. The van der Waals surface area contributed by atoms with Crippen molar-refractivity contribution in [2.75, 3.05) is 0 Å². The summed E-state index contributed by atoms with van der Waals surface area (Å²) in [5.41, 5.74) is 0. The van der Waals surface area contributed by atoms with Gasteiger partial charge in [-0.2, -0.15) is 0 Å². The molecular formula is C12H16ClNS. The first-order valence-electron chi connectivity index (χ1n) is 5.52. The number of rotatable bonds is 2. The van der Waals surface area contributed by atoms with Gasteiger partial charge >= 0.3 is 0 Å². The minimum absolute atomic E-state index is 0.601. The Labute approximate surface area is 101 Å². The molecule has 1 aliphatic carbocycles. The number of aromatic nitrogens is 1. The van der Waals surface area contributed by atoms with Crippen molar-refractivity contribution in [3.05, 3.63) is 23.5 Å². The number of nitrogens with zero attached hydrogens (tertiary/aromatic N) is 1. The van der Waals surface area contributed by atoms with Crippen LogP contribution in [0.2, 0.25) is 5.15 Å². The van der Waals surface area contributed by atoms with E-state index < -0.39 is 0 Å². The molecule has 0 aliphatic heterocycles. The number of hydrogen-bond acceptors (Lipinski definition) is 2. The van der Waals surface area contributed by atoms with Crippen LogP contribution in [-0.4, -0.2) is 10.2 Å². The molecule has 3 heteroatoms. The molecular weight excluding hydrogens is 226 g/mol. The van der Waals surface area contributed by atoms with Gasteiger partial charge in [0.2, 0.25) is 0 Å². The van der Waals surface area contributed by atoms with Gasteiger partial charge in [0.15, 0.2) is 0 Å².